The summed E-state index contributed by atoms with van der Waals surface area (Å²) in [6.07, 6.45) is 2.59. The number of nitrogens with zero attached hydrogens (tertiary/aromatic N) is 1. The second-order valence-electron chi connectivity index (χ2n) is 4.66. The molecule has 2 saturated heterocycles. The Balaban J connectivity index is 2.04. The Labute approximate surface area is 96.7 Å². The van der Waals surface area contributed by atoms with E-state index in [4.69, 9.17) is 10.5 Å². The molecule has 0 radical (unpaired) electrons. The molecule has 0 saturated carbocycles. The van der Waals surface area contributed by atoms with Crippen LogP contribution in [0.15, 0.2) is 0 Å². The van der Waals surface area contributed by atoms with Gasteiger partial charge in [-0.25, -0.2) is 0 Å². The third-order valence-corrected chi connectivity index (χ3v) is 4.64. The minimum atomic E-state index is 0.235. The highest BCUT2D eigenvalue weighted by atomic mass is 32.2. The van der Waals surface area contributed by atoms with Gasteiger partial charge in [0.1, 0.15) is 0 Å². The average Bonchev–Trinajstić information content (AvgIpc) is 2.30. The van der Waals surface area contributed by atoms with Gasteiger partial charge in [0.2, 0.25) is 0 Å². The van der Waals surface area contributed by atoms with Crippen LogP contribution in [-0.4, -0.2) is 54.3 Å². The van der Waals surface area contributed by atoms with E-state index in [0.717, 1.165) is 26.0 Å². The number of hydrogen-bond donors (Lipinski definition) is 1. The summed E-state index contributed by atoms with van der Waals surface area (Å²) in [6, 6.07) is 0. The second-order valence-corrected chi connectivity index (χ2v) is 5.89. The largest absolute Gasteiger partial charge is 0.378 e. The normalized spacial score (nSPS) is 39.2. The minimum Gasteiger partial charge on any atom is -0.378 e. The first-order chi connectivity index (χ1) is 7.27. The lowest BCUT2D eigenvalue weighted by atomic mass is 9.85. The first-order valence-electron chi connectivity index (χ1n) is 5.91. The van der Waals surface area contributed by atoms with Gasteiger partial charge in [0.15, 0.2) is 0 Å². The number of hydrogen-bond acceptors (Lipinski definition) is 4. The van der Waals surface area contributed by atoms with Gasteiger partial charge < -0.3 is 10.5 Å². The Morgan fingerprint density at radius 2 is 2.20 bits per heavy atom. The molecule has 88 valence electrons. The van der Waals surface area contributed by atoms with Gasteiger partial charge in [-0.15, -0.1) is 0 Å². The zero-order chi connectivity index (χ0) is 10.7. The summed E-state index contributed by atoms with van der Waals surface area (Å²) in [5, 5.41) is 0. The third-order valence-electron chi connectivity index (χ3n) is 3.70. The van der Waals surface area contributed by atoms with Crippen LogP contribution in [0.5, 0.6) is 0 Å². The van der Waals surface area contributed by atoms with E-state index in [9.17, 15) is 0 Å². The molecule has 0 spiro atoms. The number of ether oxygens (including phenoxy) is 1. The number of rotatable bonds is 2. The topological polar surface area (TPSA) is 38.5 Å². The van der Waals surface area contributed by atoms with Crippen LogP contribution in [0.4, 0.5) is 0 Å². The SMILES string of the molecule is CC1CC(CN)(N2CCSCC2)CCO1. The molecule has 0 amide bonds. The van der Waals surface area contributed by atoms with Gasteiger partial charge in [0, 0.05) is 43.3 Å². The van der Waals surface area contributed by atoms with Crippen molar-refractivity contribution in [2.75, 3.05) is 37.7 Å². The second kappa shape index (κ2) is 5.04. The summed E-state index contributed by atoms with van der Waals surface area (Å²) in [5.74, 6) is 2.52. The van der Waals surface area contributed by atoms with Crippen molar-refractivity contribution in [2.24, 2.45) is 5.73 Å². The molecule has 3 nitrogen and oxygen atoms in total. The van der Waals surface area contributed by atoms with Crippen molar-refractivity contribution in [3.63, 3.8) is 0 Å². The van der Waals surface area contributed by atoms with Crippen molar-refractivity contribution in [3.8, 4) is 0 Å². The predicted octanol–water partition coefficient (Wildman–Crippen LogP) is 0.932. The van der Waals surface area contributed by atoms with Gasteiger partial charge >= 0.3 is 0 Å². The first kappa shape index (κ1) is 11.7. The van der Waals surface area contributed by atoms with Crippen molar-refractivity contribution in [1.82, 2.24) is 4.90 Å². The van der Waals surface area contributed by atoms with E-state index in [1.54, 1.807) is 0 Å². The van der Waals surface area contributed by atoms with Crippen molar-refractivity contribution in [1.29, 1.82) is 0 Å². The van der Waals surface area contributed by atoms with Gasteiger partial charge in [-0.1, -0.05) is 0 Å². The predicted molar refractivity (Wildman–Crippen MR) is 65.3 cm³/mol. The fourth-order valence-electron chi connectivity index (χ4n) is 2.79. The molecule has 15 heavy (non-hydrogen) atoms. The molecule has 2 N–H and O–H groups in total. The molecule has 2 atom stereocenters. The fourth-order valence-corrected chi connectivity index (χ4v) is 3.69. The molecule has 2 rings (SSSR count). The van der Waals surface area contributed by atoms with Crippen LogP contribution in [0.3, 0.4) is 0 Å². The molecular weight excluding hydrogens is 208 g/mol. The molecule has 2 heterocycles. The van der Waals surface area contributed by atoms with Gasteiger partial charge in [-0.3, -0.25) is 4.90 Å². The molecule has 2 fully saturated rings. The first-order valence-corrected chi connectivity index (χ1v) is 7.07. The summed E-state index contributed by atoms with van der Waals surface area (Å²) < 4.78 is 5.64. The van der Waals surface area contributed by atoms with Crippen LogP contribution in [0.25, 0.3) is 0 Å². The van der Waals surface area contributed by atoms with Gasteiger partial charge in [0.25, 0.3) is 0 Å². The molecule has 2 aliphatic heterocycles. The Hall–Kier alpha value is 0.230. The van der Waals surface area contributed by atoms with Gasteiger partial charge in [-0.2, -0.15) is 11.8 Å². The van der Waals surface area contributed by atoms with E-state index in [0.29, 0.717) is 6.10 Å². The highest BCUT2D eigenvalue weighted by Crippen LogP contribution is 2.31. The van der Waals surface area contributed by atoms with Gasteiger partial charge in [0.05, 0.1) is 6.10 Å². The molecule has 0 aromatic carbocycles. The van der Waals surface area contributed by atoms with Crippen LogP contribution in [0, 0.1) is 0 Å². The van der Waals surface area contributed by atoms with Crippen LogP contribution < -0.4 is 5.73 Å². The summed E-state index contributed by atoms with van der Waals surface area (Å²) >= 11 is 2.06. The maximum Gasteiger partial charge on any atom is 0.0565 e. The van der Waals surface area contributed by atoms with E-state index in [1.165, 1.54) is 24.6 Å². The Kier molecular flexibility index (Phi) is 3.93. The van der Waals surface area contributed by atoms with Crippen molar-refractivity contribution in [3.05, 3.63) is 0 Å². The zero-order valence-electron chi connectivity index (χ0n) is 9.58. The van der Waals surface area contributed by atoms with Crippen LogP contribution >= 0.6 is 11.8 Å². The van der Waals surface area contributed by atoms with E-state index < -0.39 is 0 Å². The maximum atomic E-state index is 6.03. The molecule has 0 aromatic rings. The lowest BCUT2D eigenvalue weighted by molar-refractivity contribution is -0.0609. The molecule has 0 aliphatic carbocycles. The van der Waals surface area contributed by atoms with E-state index in [1.807, 2.05) is 0 Å². The Morgan fingerprint density at radius 3 is 2.80 bits per heavy atom. The summed E-state index contributed by atoms with van der Waals surface area (Å²) in [7, 11) is 0. The molecule has 0 bridgehead atoms. The van der Waals surface area contributed by atoms with Gasteiger partial charge in [-0.05, 0) is 19.8 Å². The average molecular weight is 230 g/mol. The molecule has 4 heteroatoms. The molecular formula is C11H22N2OS. The van der Waals surface area contributed by atoms with E-state index in [2.05, 4.69) is 23.6 Å². The maximum absolute atomic E-state index is 6.03. The van der Waals surface area contributed by atoms with Crippen molar-refractivity contribution in [2.45, 2.75) is 31.4 Å². The molecule has 0 aromatic heterocycles. The Morgan fingerprint density at radius 1 is 1.47 bits per heavy atom. The standard InChI is InChI=1S/C11H22N2OS/c1-10-8-11(9-12,2-5-14-10)13-3-6-15-7-4-13/h10H,2-9,12H2,1H3. The lowest BCUT2D eigenvalue weighted by Gasteiger charge is -2.48. The summed E-state index contributed by atoms with van der Waals surface area (Å²) in [4.78, 5) is 2.61. The lowest BCUT2D eigenvalue weighted by Crippen LogP contribution is -2.60. The molecule has 2 aliphatic rings. The van der Waals surface area contributed by atoms with Crippen molar-refractivity contribution < 1.29 is 4.74 Å². The third kappa shape index (κ3) is 2.49. The van der Waals surface area contributed by atoms with Crippen LogP contribution in [0.2, 0.25) is 0 Å². The highest BCUT2D eigenvalue weighted by Gasteiger charge is 2.39. The monoisotopic (exact) mass is 230 g/mol. The Bertz CT molecular complexity index is 209. The zero-order valence-corrected chi connectivity index (χ0v) is 10.4. The number of thioether (sulfide) groups is 1. The number of nitrogens with two attached hydrogens (primary N) is 1. The van der Waals surface area contributed by atoms with E-state index in [-0.39, 0.29) is 5.54 Å². The van der Waals surface area contributed by atoms with Crippen LogP contribution in [-0.2, 0) is 4.74 Å². The highest BCUT2D eigenvalue weighted by molar-refractivity contribution is 7.99. The minimum absolute atomic E-state index is 0.235. The fraction of sp³-hybridized carbons (Fsp3) is 1.00. The van der Waals surface area contributed by atoms with Crippen molar-refractivity contribution >= 4 is 11.8 Å². The summed E-state index contributed by atoms with van der Waals surface area (Å²) in [6.45, 7) is 6.23. The molecule has 2 unspecified atom stereocenters. The van der Waals surface area contributed by atoms with E-state index >= 15 is 0 Å². The smallest absolute Gasteiger partial charge is 0.0565 e. The summed E-state index contributed by atoms with van der Waals surface area (Å²) in [5.41, 5.74) is 6.26. The van der Waals surface area contributed by atoms with Crippen LogP contribution in [0.1, 0.15) is 19.8 Å². The quantitative estimate of drug-likeness (QED) is 0.766.